The molecule has 1 heterocycles. The van der Waals surface area contributed by atoms with Crippen molar-refractivity contribution in [3.05, 3.63) is 34.8 Å². The number of hydrogen-bond acceptors (Lipinski definition) is 3. The third-order valence-corrected chi connectivity index (χ3v) is 2.55. The van der Waals surface area contributed by atoms with Crippen LogP contribution in [0.15, 0.2) is 29.3 Å². The molecule has 5 heteroatoms. The highest BCUT2D eigenvalue weighted by atomic mass is 32.2. The van der Waals surface area contributed by atoms with E-state index in [1.165, 1.54) is 0 Å². The van der Waals surface area contributed by atoms with Crippen LogP contribution in [0.4, 0.5) is 0 Å². The summed E-state index contributed by atoms with van der Waals surface area (Å²) in [6, 6.07) is 6.80. The lowest BCUT2D eigenvalue weighted by atomic mass is 10.2. The van der Waals surface area contributed by atoms with Gasteiger partial charge in [0, 0.05) is 5.22 Å². The molecule has 2 rings (SSSR count). The van der Waals surface area contributed by atoms with Gasteiger partial charge in [0.25, 0.3) is 0 Å². The first-order chi connectivity index (χ1) is 6.74. The van der Waals surface area contributed by atoms with Crippen LogP contribution in [0, 0.1) is 0 Å². The largest absolute Gasteiger partial charge is 0.298 e. The molecule has 70 valence electrons. The van der Waals surface area contributed by atoms with Gasteiger partial charge in [-0.25, -0.2) is 4.99 Å². The van der Waals surface area contributed by atoms with E-state index < -0.39 is 10.3 Å². The fourth-order valence-electron chi connectivity index (χ4n) is 1.32. The molecule has 0 spiro atoms. The van der Waals surface area contributed by atoms with Gasteiger partial charge in [-0.2, -0.15) is 8.42 Å². The first-order valence-electron chi connectivity index (χ1n) is 3.84. The van der Waals surface area contributed by atoms with Crippen LogP contribution in [-0.2, 0) is 15.1 Å². The molecule has 0 aromatic heterocycles. The Balaban J connectivity index is 3.06. The van der Waals surface area contributed by atoms with Gasteiger partial charge in [0.05, 0.1) is 10.9 Å². The van der Waals surface area contributed by atoms with Crippen LogP contribution in [0.2, 0.25) is 0 Å². The van der Waals surface area contributed by atoms with Gasteiger partial charge in [-0.3, -0.25) is 4.79 Å². The smallest absolute Gasteiger partial charge is 0.241 e. The zero-order valence-corrected chi connectivity index (χ0v) is 7.78. The molecule has 0 fully saturated rings. The van der Waals surface area contributed by atoms with E-state index in [2.05, 4.69) is 4.99 Å². The summed E-state index contributed by atoms with van der Waals surface area (Å²) in [6.07, 6.45) is 0.514. The van der Waals surface area contributed by atoms with E-state index in [9.17, 15) is 13.2 Å². The quantitative estimate of drug-likeness (QED) is 0.424. The Morgan fingerprint density at radius 3 is 2.57 bits per heavy atom. The number of carbonyl (C=O) groups excluding carboxylic acids is 1. The SMILES string of the molecule is O=CC1=c2ccccc2=NC1=S(=O)=O. The Hall–Kier alpha value is -1.75. The van der Waals surface area contributed by atoms with Crippen LogP contribution in [0.25, 0.3) is 5.57 Å². The predicted octanol–water partition coefficient (Wildman–Crippen LogP) is -1.32. The Kier molecular flexibility index (Phi) is 2.01. The third kappa shape index (κ3) is 1.18. The molecule has 0 amide bonds. The number of nitrogens with zero attached hydrogens (tertiary/aromatic N) is 1. The molecular weight excluding hydrogens is 202 g/mol. The second-order valence-electron chi connectivity index (χ2n) is 2.70. The molecule has 0 saturated heterocycles. The highest BCUT2D eigenvalue weighted by Crippen LogP contribution is 1.96. The minimum Gasteiger partial charge on any atom is -0.298 e. The number of benzene rings is 1. The zero-order chi connectivity index (χ0) is 10.1. The van der Waals surface area contributed by atoms with Crippen molar-refractivity contribution >= 4 is 27.1 Å². The molecule has 1 aromatic carbocycles. The number of fused-ring (bicyclic) bond motifs is 1. The fraction of sp³-hybridized carbons (Fsp3) is 0. The van der Waals surface area contributed by atoms with Gasteiger partial charge < -0.3 is 0 Å². The van der Waals surface area contributed by atoms with E-state index >= 15 is 0 Å². The Labute approximate surface area is 80.7 Å². The van der Waals surface area contributed by atoms with Crippen LogP contribution in [0.5, 0.6) is 0 Å². The molecule has 1 aliphatic rings. The molecule has 0 unspecified atom stereocenters. The van der Waals surface area contributed by atoms with Crippen molar-refractivity contribution in [2.45, 2.75) is 0 Å². The lowest BCUT2D eigenvalue weighted by molar-refractivity contribution is -0.103. The van der Waals surface area contributed by atoms with Crippen LogP contribution in [0.1, 0.15) is 0 Å². The minimum absolute atomic E-state index is 0.133. The van der Waals surface area contributed by atoms with E-state index in [4.69, 9.17) is 0 Å². The third-order valence-electron chi connectivity index (χ3n) is 1.92. The highest BCUT2D eigenvalue weighted by Gasteiger charge is 2.14. The molecule has 0 saturated carbocycles. The van der Waals surface area contributed by atoms with Crippen molar-refractivity contribution in [2.24, 2.45) is 4.99 Å². The van der Waals surface area contributed by atoms with Crippen molar-refractivity contribution in [2.75, 3.05) is 0 Å². The Morgan fingerprint density at radius 1 is 1.21 bits per heavy atom. The molecule has 0 radical (unpaired) electrons. The molecule has 4 nitrogen and oxygen atoms in total. The molecule has 0 bridgehead atoms. The molecule has 0 N–H and O–H groups in total. The van der Waals surface area contributed by atoms with E-state index in [1.807, 2.05) is 0 Å². The predicted molar refractivity (Wildman–Crippen MR) is 50.6 cm³/mol. The summed E-state index contributed by atoms with van der Waals surface area (Å²) < 4.78 is 21.5. The van der Waals surface area contributed by atoms with Crippen molar-refractivity contribution in [3.8, 4) is 0 Å². The van der Waals surface area contributed by atoms with Crippen LogP contribution >= 0.6 is 0 Å². The maximum absolute atomic E-state index is 10.7. The topological polar surface area (TPSA) is 63.6 Å². The van der Waals surface area contributed by atoms with Crippen molar-refractivity contribution in [1.29, 1.82) is 0 Å². The maximum Gasteiger partial charge on any atom is 0.241 e. The molecular formula is C9H5NO3S. The van der Waals surface area contributed by atoms with Crippen molar-refractivity contribution < 1.29 is 13.2 Å². The van der Waals surface area contributed by atoms with Gasteiger partial charge in [0.2, 0.25) is 10.3 Å². The summed E-state index contributed by atoms with van der Waals surface area (Å²) in [5, 5.41) is 1.09. The summed E-state index contributed by atoms with van der Waals surface area (Å²) >= 11 is 0. The van der Waals surface area contributed by atoms with Gasteiger partial charge >= 0.3 is 0 Å². The molecule has 1 aliphatic heterocycles. The lowest BCUT2D eigenvalue weighted by Crippen LogP contribution is -2.22. The summed E-state index contributed by atoms with van der Waals surface area (Å²) in [7, 11) is -2.47. The van der Waals surface area contributed by atoms with E-state index in [0.717, 1.165) is 0 Å². The highest BCUT2D eigenvalue weighted by molar-refractivity contribution is 7.74. The van der Waals surface area contributed by atoms with Gasteiger partial charge in [-0.05, 0) is 6.07 Å². The number of carbonyl (C=O) groups is 1. The standard InChI is InChI=1S/C9H5NO3S/c11-5-7-6-3-1-2-4-8(6)10-9(7)14(12)13/h1-5H. The van der Waals surface area contributed by atoms with Gasteiger partial charge in [0.1, 0.15) is 0 Å². The summed E-state index contributed by atoms with van der Waals surface area (Å²) in [4.78, 5) is 14.4. The number of rotatable bonds is 1. The Morgan fingerprint density at radius 2 is 1.93 bits per heavy atom. The van der Waals surface area contributed by atoms with Crippen LogP contribution in [-0.4, -0.2) is 19.7 Å². The number of para-hydroxylation sites is 1. The van der Waals surface area contributed by atoms with Gasteiger partial charge in [0.15, 0.2) is 11.3 Å². The first-order valence-corrected chi connectivity index (χ1v) is 4.91. The average molecular weight is 207 g/mol. The average Bonchev–Trinajstić information content (AvgIpc) is 2.56. The van der Waals surface area contributed by atoms with E-state index in [0.29, 0.717) is 16.9 Å². The maximum atomic E-state index is 10.7. The minimum atomic E-state index is -2.47. The van der Waals surface area contributed by atoms with Gasteiger partial charge in [-0.1, -0.05) is 18.2 Å². The zero-order valence-electron chi connectivity index (χ0n) is 6.97. The van der Waals surface area contributed by atoms with Crippen LogP contribution in [0.3, 0.4) is 0 Å². The monoisotopic (exact) mass is 207 g/mol. The Bertz CT molecular complexity index is 648. The molecule has 0 aliphatic carbocycles. The molecule has 1 aromatic rings. The molecule has 0 atom stereocenters. The second kappa shape index (κ2) is 3.19. The summed E-state index contributed by atoms with van der Waals surface area (Å²) in [5.41, 5.74) is 0.133. The number of aldehydes is 1. The van der Waals surface area contributed by atoms with Gasteiger partial charge in [-0.15, -0.1) is 0 Å². The van der Waals surface area contributed by atoms with Crippen LogP contribution < -0.4 is 10.6 Å². The van der Waals surface area contributed by atoms with Crippen molar-refractivity contribution in [1.82, 2.24) is 0 Å². The first kappa shape index (κ1) is 8.83. The fourth-order valence-corrected chi connectivity index (χ4v) is 1.84. The lowest BCUT2D eigenvalue weighted by Gasteiger charge is -1.84. The van der Waals surface area contributed by atoms with E-state index in [-0.39, 0.29) is 10.6 Å². The summed E-state index contributed by atoms with van der Waals surface area (Å²) in [6.45, 7) is 0. The van der Waals surface area contributed by atoms with Crippen molar-refractivity contribution in [3.63, 3.8) is 0 Å². The second-order valence-corrected chi connectivity index (χ2v) is 3.56. The van der Waals surface area contributed by atoms with E-state index in [1.54, 1.807) is 24.3 Å². The summed E-state index contributed by atoms with van der Waals surface area (Å²) in [5.74, 6) is 0. The normalized spacial score (nSPS) is 13.4. The number of hydrogen-bond donors (Lipinski definition) is 0. The molecule has 14 heavy (non-hydrogen) atoms.